The number of non-ortho nitro benzene ring substituents is 1. The van der Waals surface area contributed by atoms with Crippen molar-refractivity contribution in [2.45, 2.75) is 6.92 Å². The quantitative estimate of drug-likeness (QED) is 0.150. The van der Waals surface area contributed by atoms with Crippen LogP contribution in [-0.2, 0) is 4.74 Å². The summed E-state index contributed by atoms with van der Waals surface area (Å²) in [5.74, 6) is -1.88. The number of aromatic nitrogens is 1. The van der Waals surface area contributed by atoms with Crippen LogP contribution in [0.25, 0.3) is 16.9 Å². The van der Waals surface area contributed by atoms with Crippen LogP contribution in [0.2, 0.25) is 0 Å². The van der Waals surface area contributed by atoms with E-state index < -0.39 is 28.3 Å². The highest BCUT2D eigenvalue weighted by Crippen LogP contribution is 2.44. The van der Waals surface area contributed by atoms with Crippen LogP contribution in [-0.4, -0.2) is 45.2 Å². The van der Waals surface area contributed by atoms with Crippen LogP contribution >= 0.6 is 0 Å². The van der Waals surface area contributed by atoms with Gasteiger partial charge in [-0.25, -0.2) is 4.79 Å². The first-order valence-electron chi connectivity index (χ1n) is 11.1. The van der Waals surface area contributed by atoms with Gasteiger partial charge in [0.25, 0.3) is 5.69 Å². The normalized spacial score (nSPS) is 10.6. The van der Waals surface area contributed by atoms with Gasteiger partial charge in [0, 0.05) is 23.4 Å². The summed E-state index contributed by atoms with van der Waals surface area (Å²) in [6.45, 7) is 1.90. The zero-order chi connectivity index (χ0) is 26.7. The third-order valence-electron chi connectivity index (χ3n) is 5.69. The van der Waals surface area contributed by atoms with Gasteiger partial charge in [0.15, 0.2) is 11.5 Å². The maximum Gasteiger partial charge on any atom is 0.338 e. The summed E-state index contributed by atoms with van der Waals surface area (Å²) in [6.07, 6.45) is 0. The molecule has 0 bridgehead atoms. The van der Waals surface area contributed by atoms with E-state index in [0.29, 0.717) is 17.0 Å². The van der Waals surface area contributed by atoms with Crippen molar-refractivity contribution in [1.82, 2.24) is 4.57 Å². The molecule has 0 aliphatic rings. The van der Waals surface area contributed by atoms with E-state index in [-0.39, 0.29) is 34.7 Å². The van der Waals surface area contributed by atoms with Crippen LogP contribution < -0.4 is 4.74 Å². The number of carbonyl (C=O) groups is 2. The molecule has 37 heavy (non-hydrogen) atoms. The van der Waals surface area contributed by atoms with E-state index >= 15 is 0 Å². The molecule has 0 saturated heterocycles. The molecule has 0 aliphatic heterocycles. The Bertz CT molecular complexity index is 1470. The van der Waals surface area contributed by atoms with E-state index in [1.165, 1.54) is 48.1 Å². The molecule has 10 heteroatoms. The fourth-order valence-corrected chi connectivity index (χ4v) is 3.88. The molecule has 0 fully saturated rings. The lowest BCUT2D eigenvalue weighted by molar-refractivity contribution is -0.384. The second kappa shape index (κ2) is 10.2. The second-order valence-electron chi connectivity index (χ2n) is 7.86. The highest BCUT2D eigenvalue weighted by molar-refractivity contribution is 6.15. The molecule has 3 aromatic carbocycles. The fraction of sp³-hybridized carbons (Fsp3) is 0.111. The Morgan fingerprint density at radius 3 is 2.05 bits per heavy atom. The number of esters is 1. The van der Waals surface area contributed by atoms with Gasteiger partial charge in [-0.1, -0.05) is 0 Å². The number of carbonyl (C=O) groups excluding carboxylic acids is 2. The maximum atomic E-state index is 13.5. The number of hydrogen-bond donors (Lipinski definition) is 2. The molecule has 0 radical (unpaired) electrons. The maximum absolute atomic E-state index is 13.5. The van der Waals surface area contributed by atoms with Crippen molar-refractivity contribution in [3.63, 3.8) is 0 Å². The Labute approximate surface area is 211 Å². The van der Waals surface area contributed by atoms with Gasteiger partial charge in [0.05, 0.1) is 35.5 Å². The molecule has 1 heterocycles. The van der Waals surface area contributed by atoms with Gasteiger partial charge < -0.3 is 19.7 Å². The lowest BCUT2D eigenvalue weighted by atomic mass is 9.99. The van der Waals surface area contributed by atoms with Gasteiger partial charge in [-0.15, -0.1) is 0 Å². The Hall–Kier alpha value is -5.12. The predicted molar refractivity (Wildman–Crippen MR) is 134 cm³/mol. The van der Waals surface area contributed by atoms with Gasteiger partial charge in [-0.2, -0.15) is 0 Å². The molecular weight excluding hydrogens is 480 g/mol. The zero-order valence-corrected chi connectivity index (χ0v) is 19.9. The van der Waals surface area contributed by atoms with E-state index in [1.807, 2.05) is 0 Å². The van der Waals surface area contributed by atoms with E-state index in [4.69, 9.17) is 9.47 Å². The highest BCUT2D eigenvalue weighted by atomic mass is 16.6. The zero-order valence-electron chi connectivity index (χ0n) is 19.9. The number of ketones is 1. The number of methoxy groups -OCH3 is 1. The van der Waals surface area contributed by atoms with Crippen molar-refractivity contribution >= 4 is 17.4 Å². The van der Waals surface area contributed by atoms with Crippen molar-refractivity contribution in [1.29, 1.82) is 0 Å². The highest BCUT2D eigenvalue weighted by Gasteiger charge is 2.30. The first-order valence-corrected chi connectivity index (χ1v) is 11.1. The summed E-state index contributed by atoms with van der Waals surface area (Å²) >= 11 is 0. The summed E-state index contributed by atoms with van der Waals surface area (Å²) in [5.41, 5.74) is 0.958. The third kappa shape index (κ3) is 4.72. The molecule has 0 aliphatic carbocycles. The minimum absolute atomic E-state index is 0.0745. The number of rotatable bonds is 8. The number of nitro benzene ring substituents is 1. The molecule has 2 N–H and O–H groups in total. The van der Waals surface area contributed by atoms with Crippen LogP contribution in [0.1, 0.15) is 33.2 Å². The van der Waals surface area contributed by atoms with Gasteiger partial charge in [0.1, 0.15) is 5.75 Å². The van der Waals surface area contributed by atoms with Crippen molar-refractivity contribution in [2.24, 2.45) is 0 Å². The van der Waals surface area contributed by atoms with Crippen LogP contribution in [0, 0.1) is 10.1 Å². The van der Waals surface area contributed by atoms with Gasteiger partial charge in [0.2, 0.25) is 5.88 Å². The standard InChI is InChI=1S/C27H22N2O8/c1-3-37-27(33)18-6-10-19(11-7-18)28-23(16-8-14-21(36-2)15-9-16)22(25(31)26(28)32)24(30)17-4-12-20(13-5-17)29(34)35/h4-15,31-32H,3H2,1-2H3. The molecule has 0 spiro atoms. The first-order chi connectivity index (χ1) is 17.8. The van der Waals surface area contributed by atoms with E-state index in [9.17, 15) is 29.9 Å². The van der Waals surface area contributed by atoms with Crippen LogP contribution in [0.5, 0.6) is 17.4 Å². The van der Waals surface area contributed by atoms with Crippen LogP contribution in [0.15, 0.2) is 72.8 Å². The Morgan fingerprint density at radius 1 is 0.919 bits per heavy atom. The fourth-order valence-electron chi connectivity index (χ4n) is 3.88. The van der Waals surface area contributed by atoms with Crippen molar-refractivity contribution < 1.29 is 34.2 Å². The molecule has 1 aromatic heterocycles. The molecule has 0 saturated carbocycles. The SMILES string of the molecule is CCOC(=O)c1ccc(-n2c(O)c(O)c(C(=O)c3ccc([N+](=O)[O-])cc3)c2-c2ccc(OC)cc2)cc1. The summed E-state index contributed by atoms with van der Waals surface area (Å²) in [6, 6.07) is 17.6. The third-order valence-corrected chi connectivity index (χ3v) is 5.69. The molecule has 0 unspecified atom stereocenters. The Balaban J connectivity index is 1.90. The molecule has 188 valence electrons. The second-order valence-corrected chi connectivity index (χ2v) is 7.86. The number of hydrogen-bond acceptors (Lipinski definition) is 8. The topological polar surface area (TPSA) is 141 Å². The molecule has 0 amide bonds. The monoisotopic (exact) mass is 502 g/mol. The first kappa shape index (κ1) is 25.0. The summed E-state index contributed by atoms with van der Waals surface area (Å²) in [4.78, 5) is 36.0. The van der Waals surface area contributed by atoms with Crippen molar-refractivity contribution in [2.75, 3.05) is 13.7 Å². The minimum Gasteiger partial charge on any atom is -0.503 e. The molecular formula is C27H22N2O8. The average molecular weight is 502 g/mol. The minimum atomic E-state index is -0.663. The molecule has 4 rings (SSSR count). The average Bonchev–Trinajstić information content (AvgIpc) is 3.18. The smallest absolute Gasteiger partial charge is 0.338 e. The summed E-state index contributed by atoms with van der Waals surface area (Å²) in [5, 5.41) is 32.9. The number of benzene rings is 3. The van der Waals surface area contributed by atoms with Gasteiger partial charge in [-0.05, 0) is 73.2 Å². The lowest BCUT2D eigenvalue weighted by Gasteiger charge is -2.13. The van der Waals surface area contributed by atoms with E-state index in [2.05, 4.69) is 0 Å². The van der Waals surface area contributed by atoms with Crippen molar-refractivity contribution in [3.8, 4) is 34.3 Å². The Morgan fingerprint density at radius 2 is 1.51 bits per heavy atom. The Kier molecular flexibility index (Phi) is 6.92. The largest absolute Gasteiger partial charge is 0.503 e. The number of aromatic hydroxyl groups is 2. The summed E-state index contributed by atoms with van der Waals surface area (Å²) < 4.78 is 11.5. The summed E-state index contributed by atoms with van der Waals surface area (Å²) in [7, 11) is 1.50. The van der Waals surface area contributed by atoms with Crippen LogP contribution in [0.3, 0.4) is 0 Å². The molecule has 0 atom stereocenters. The number of nitrogens with zero attached hydrogens (tertiary/aromatic N) is 2. The van der Waals surface area contributed by atoms with E-state index in [1.54, 1.807) is 43.3 Å². The van der Waals surface area contributed by atoms with E-state index in [0.717, 1.165) is 0 Å². The molecule has 4 aromatic rings. The van der Waals surface area contributed by atoms with Crippen molar-refractivity contribution in [3.05, 3.63) is 99.6 Å². The predicted octanol–water partition coefficient (Wildman–Crippen LogP) is 4.88. The van der Waals surface area contributed by atoms with Gasteiger partial charge >= 0.3 is 5.97 Å². The van der Waals surface area contributed by atoms with Gasteiger partial charge in [-0.3, -0.25) is 19.5 Å². The number of nitro groups is 1. The lowest BCUT2D eigenvalue weighted by Crippen LogP contribution is -2.06. The number of ether oxygens (including phenoxy) is 2. The molecule has 10 nitrogen and oxygen atoms in total. The van der Waals surface area contributed by atoms with Crippen LogP contribution in [0.4, 0.5) is 5.69 Å².